The Morgan fingerprint density at radius 1 is 1.31 bits per heavy atom. The fraction of sp³-hybridized carbons (Fsp3) is 0.450. The molecule has 156 valence electrons. The molecule has 0 amide bonds. The Morgan fingerprint density at radius 2 is 2.14 bits per heavy atom. The fourth-order valence-electron chi connectivity index (χ4n) is 3.56. The van der Waals surface area contributed by atoms with Crippen molar-refractivity contribution >= 4 is 41.0 Å². The molecule has 0 spiro atoms. The number of nitrogens with zero attached hydrogens (tertiary/aromatic N) is 6. The van der Waals surface area contributed by atoms with E-state index in [-0.39, 0.29) is 30.1 Å². The van der Waals surface area contributed by atoms with E-state index in [4.69, 9.17) is 14.7 Å². The van der Waals surface area contributed by atoms with Gasteiger partial charge in [0.05, 0.1) is 30.4 Å². The van der Waals surface area contributed by atoms with Crippen LogP contribution < -0.4 is 5.32 Å². The third kappa shape index (κ3) is 4.72. The van der Waals surface area contributed by atoms with Crippen LogP contribution in [0.25, 0.3) is 11.0 Å². The Bertz CT molecular complexity index is 980. The van der Waals surface area contributed by atoms with Gasteiger partial charge in [-0.3, -0.25) is 4.68 Å². The lowest BCUT2D eigenvalue weighted by molar-refractivity contribution is -0.00805. The van der Waals surface area contributed by atoms with Gasteiger partial charge in [0.15, 0.2) is 5.96 Å². The van der Waals surface area contributed by atoms with Gasteiger partial charge in [-0.15, -0.1) is 24.0 Å². The lowest BCUT2D eigenvalue weighted by Crippen LogP contribution is -2.48. The maximum Gasteiger partial charge on any atom is 0.194 e. The first-order chi connectivity index (χ1) is 13.7. The number of fused-ring (bicyclic) bond motifs is 1. The highest BCUT2D eigenvalue weighted by Gasteiger charge is 2.25. The van der Waals surface area contributed by atoms with Crippen molar-refractivity contribution in [1.29, 1.82) is 0 Å². The summed E-state index contributed by atoms with van der Waals surface area (Å²) in [6, 6.07) is 8.17. The van der Waals surface area contributed by atoms with Crippen molar-refractivity contribution in [3.05, 3.63) is 48.0 Å². The number of hydrogen-bond acceptors (Lipinski definition) is 4. The molecule has 2 aromatic heterocycles. The van der Waals surface area contributed by atoms with Crippen molar-refractivity contribution in [1.82, 2.24) is 29.5 Å². The molecular weight excluding hydrogens is 481 g/mol. The summed E-state index contributed by atoms with van der Waals surface area (Å²) in [5.74, 6) is 1.85. The van der Waals surface area contributed by atoms with Crippen LogP contribution in [0, 0.1) is 0 Å². The van der Waals surface area contributed by atoms with Gasteiger partial charge in [-0.05, 0) is 19.1 Å². The molecule has 29 heavy (non-hydrogen) atoms. The zero-order valence-electron chi connectivity index (χ0n) is 17.1. The lowest BCUT2D eigenvalue weighted by atomic mass is 10.1. The van der Waals surface area contributed by atoms with E-state index in [0.717, 1.165) is 48.0 Å². The number of nitrogens with one attached hydrogen (secondary N) is 1. The maximum atomic E-state index is 5.96. The molecule has 1 fully saturated rings. The summed E-state index contributed by atoms with van der Waals surface area (Å²) in [6.45, 7) is 5.66. The minimum Gasteiger partial charge on any atom is -0.370 e. The molecule has 0 saturated carbocycles. The number of ether oxygens (including phenoxy) is 1. The van der Waals surface area contributed by atoms with E-state index >= 15 is 0 Å². The molecule has 0 radical (unpaired) electrons. The van der Waals surface area contributed by atoms with Gasteiger partial charge in [0.25, 0.3) is 0 Å². The zero-order valence-corrected chi connectivity index (χ0v) is 19.4. The first-order valence-corrected chi connectivity index (χ1v) is 9.69. The van der Waals surface area contributed by atoms with Crippen molar-refractivity contribution in [3.63, 3.8) is 0 Å². The third-order valence-corrected chi connectivity index (χ3v) is 5.05. The van der Waals surface area contributed by atoms with Gasteiger partial charge in [0.2, 0.25) is 0 Å². The van der Waals surface area contributed by atoms with Crippen LogP contribution in [-0.2, 0) is 25.4 Å². The second-order valence-corrected chi connectivity index (χ2v) is 7.00. The predicted molar refractivity (Wildman–Crippen MR) is 124 cm³/mol. The van der Waals surface area contributed by atoms with Crippen LogP contribution in [0.5, 0.6) is 0 Å². The predicted octanol–water partition coefficient (Wildman–Crippen LogP) is 2.46. The van der Waals surface area contributed by atoms with Gasteiger partial charge in [-0.1, -0.05) is 12.1 Å². The van der Waals surface area contributed by atoms with Crippen LogP contribution >= 0.6 is 24.0 Å². The van der Waals surface area contributed by atoms with Crippen LogP contribution in [0.3, 0.4) is 0 Å². The van der Waals surface area contributed by atoms with Gasteiger partial charge in [-0.2, -0.15) is 5.10 Å². The number of hydrogen-bond donors (Lipinski definition) is 1. The molecule has 9 heteroatoms. The summed E-state index contributed by atoms with van der Waals surface area (Å²) < 4.78 is 9.88. The minimum atomic E-state index is 0. The number of rotatable bonds is 4. The molecule has 1 aliphatic rings. The Morgan fingerprint density at radius 3 is 2.86 bits per heavy atom. The van der Waals surface area contributed by atoms with E-state index in [9.17, 15) is 0 Å². The number of morpholine rings is 1. The molecule has 1 aromatic carbocycles. The summed E-state index contributed by atoms with van der Waals surface area (Å²) in [5, 5.41) is 7.68. The SMILES string of the molecule is CCNC(=NCc1nc2ccccc2n1C)N1CCOC(c2cnn(C)c2)C1.I. The topological polar surface area (TPSA) is 72.5 Å². The Kier molecular flexibility index (Phi) is 7.12. The second-order valence-electron chi connectivity index (χ2n) is 7.00. The summed E-state index contributed by atoms with van der Waals surface area (Å²) in [6.07, 6.45) is 3.89. The van der Waals surface area contributed by atoms with Gasteiger partial charge in [-0.25, -0.2) is 9.98 Å². The van der Waals surface area contributed by atoms with Crippen LogP contribution in [0.15, 0.2) is 41.7 Å². The van der Waals surface area contributed by atoms with Gasteiger partial charge >= 0.3 is 0 Å². The van der Waals surface area contributed by atoms with Crippen LogP contribution in [0.2, 0.25) is 0 Å². The van der Waals surface area contributed by atoms with Crippen molar-refractivity contribution in [2.75, 3.05) is 26.2 Å². The van der Waals surface area contributed by atoms with E-state index < -0.39 is 0 Å². The number of para-hydroxylation sites is 2. The highest BCUT2D eigenvalue weighted by molar-refractivity contribution is 14.0. The first-order valence-electron chi connectivity index (χ1n) is 9.69. The summed E-state index contributed by atoms with van der Waals surface area (Å²) in [7, 11) is 3.97. The first kappa shape index (κ1) is 21.6. The lowest BCUT2D eigenvalue weighted by Gasteiger charge is -2.34. The largest absolute Gasteiger partial charge is 0.370 e. The average Bonchev–Trinajstić information content (AvgIpc) is 3.29. The number of imidazole rings is 1. The Balaban J connectivity index is 0.00000240. The normalized spacial score (nSPS) is 17.4. The second kappa shape index (κ2) is 9.57. The molecule has 1 unspecified atom stereocenters. The highest BCUT2D eigenvalue weighted by atomic mass is 127. The van der Waals surface area contributed by atoms with Gasteiger partial charge < -0.3 is 19.5 Å². The zero-order chi connectivity index (χ0) is 19.5. The summed E-state index contributed by atoms with van der Waals surface area (Å²) in [4.78, 5) is 11.9. The number of benzene rings is 1. The van der Waals surface area contributed by atoms with Gasteiger partial charge in [0.1, 0.15) is 18.5 Å². The number of halogens is 1. The monoisotopic (exact) mass is 509 g/mol. The van der Waals surface area contributed by atoms with Crippen LogP contribution in [-0.4, -0.2) is 56.4 Å². The van der Waals surface area contributed by atoms with Crippen molar-refractivity contribution in [2.45, 2.75) is 19.6 Å². The van der Waals surface area contributed by atoms with E-state index in [1.807, 2.05) is 49.4 Å². The molecule has 1 saturated heterocycles. The number of aryl methyl sites for hydroxylation is 2. The van der Waals surface area contributed by atoms with E-state index in [1.54, 1.807) is 0 Å². The van der Waals surface area contributed by atoms with Gasteiger partial charge in [0, 0.05) is 38.9 Å². The standard InChI is InChI=1S/C20H27N7O.HI/c1-4-21-20(22-12-19-24-16-7-5-6-8-17(16)26(19)3)27-9-10-28-18(14-27)15-11-23-25(2)13-15;/h5-8,11,13,18H,4,9-10,12,14H2,1-3H3,(H,21,22);1H. The molecule has 4 rings (SSSR count). The smallest absolute Gasteiger partial charge is 0.194 e. The van der Waals surface area contributed by atoms with E-state index in [1.165, 1.54) is 0 Å². The molecule has 0 bridgehead atoms. The molecule has 0 aliphatic carbocycles. The fourth-order valence-corrected chi connectivity index (χ4v) is 3.56. The molecule has 8 nitrogen and oxygen atoms in total. The number of aromatic nitrogens is 4. The number of guanidine groups is 1. The molecular formula is C20H28IN7O. The minimum absolute atomic E-state index is 0. The quantitative estimate of drug-likeness (QED) is 0.333. The molecule has 3 aromatic rings. The van der Waals surface area contributed by atoms with Crippen LogP contribution in [0.4, 0.5) is 0 Å². The Labute approximate surface area is 188 Å². The van der Waals surface area contributed by atoms with E-state index in [0.29, 0.717) is 13.2 Å². The maximum absolute atomic E-state index is 5.96. The summed E-state index contributed by atoms with van der Waals surface area (Å²) >= 11 is 0. The van der Waals surface area contributed by atoms with Crippen molar-refractivity contribution < 1.29 is 4.74 Å². The Hall–Kier alpha value is -2.14. The van der Waals surface area contributed by atoms with Crippen molar-refractivity contribution in [3.8, 4) is 0 Å². The number of aliphatic imine (C=N–C) groups is 1. The molecule has 1 aliphatic heterocycles. The molecule has 1 N–H and O–H groups in total. The summed E-state index contributed by atoms with van der Waals surface area (Å²) in [5.41, 5.74) is 3.22. The van der Waals surface area contributed by atoms with Crippen molar-refractivity contribution in [2.24, 2.45) is 19.1 Å². The van der Waals surface area contributed by atoms with E-state index in [2.05, 4.69) is 32.9 Å². The van der Waals surface area contributed by atoms with Crippen LogP contribution in [0.1, 0.15) is 24.4 Å². The third-order valence-electron chi connectivity index (χ3n) is 5.05. The molecule has 3 heterocycles. The average molecular weight is 509 g/mol. The molecule has 1 atom stereocenters. The highest BCUT2D eigenvalue weighted by Crippen LogP contribution is 2.22.